The van der Waals surface area contributed by atoms with Crippen LogP contribution in [0.2, 0.25) is 0 Å². The summed E-state index contributed by atoms with van der Waals surface area (Å²) in [5.74, 6) is -1.19. The van der Waals surface area contributed by atoms with Gasteiger partial charge < -0.3 is 5.32 Å². The van der Waals surface area contributed by atoms with Crippen LogP contribution in [0.4, 0.5) is 5.69 Å². The van der Waals surface area contributed by atoms with Gasteiger partial charge in [-0.25, -0.2) is 0 Å². The maximum Gasteiger partial charge on any atom is 0.248 e. The fraction of sp³-hybridized carbons (Fsp3) is 0.304. The van der Waals surface area contributed by atoms with Gasteiger partial charge in [0.15, 0.2) is 0 Å². The highest BCUT2D eigenvalue weighted by Crippen LogP contribution is 2.53. The van der Waals surface area contributed by atoms with Crippen LogP contribution in [0.15, 0.2) is 67.0 Å². The van der Waals surface area contributed by atoms with Gasteiger partial charge in [-0.15, -0.1) is 0 Å². The number of imide groups is 1. The maximum absolute atomic E-state index is 13.3. The highest BCUT2D eigenvalue weighted by molar-refractivity contribution is 6.10. The first-order chi connectivity index (χ1) is 14.1. The SMILES string of the molecule is O=C(Nc1cccnc1)C(Cc1ccccc1)N1C(=O)C2C(C1=O)[C@H]1C=C[C@H]2C1. The lowest BCUT2D eigenvalue weighted by Crippen LogP contribution is -2.49. The maximum atomic E-state index is 13.3. The molecule has 2 aliphatic carbocycles. The first-order valence-corrected chi connectivity index (χ1v) is 9.93. The van der Waals surface area contributed by atoms with Crippen molar-refractivity contribution < 1.29 is 14.4 Å². The van der Waals surface area contributed by atoms with Gasteiger partial charge in [-0.3, -0.25) is 24.3 Å². The predicted octanol–water partition coefficient (Wildman–Crippen LogP) is 2.44. The van der Waals surface area contributed by atoms with E-state index in [1.165, 1.54) is 4.90 Å². The van der Waals surface area contributed by atoms with Crippen LogP contribution in [0.25, 0.3) is 0 Å². The number of nitrogens with zero attached hydrogens (tertiary/aromatic N) is 2. The zero-order valence-corrected chi connectivity index (χ0v) is 15.8. The number of nitrogens with one attached hydrogen (secondary N) is 1. The molecule has 3 unspecified atom stereocenters. The second-order valence-electron chi connectivity index (χ2n) is 7.98. The van der Waals surface area contributed by atoms with Gasteiger partial charge >= 0.3 is 0 Å². The second kappa shape index (κ2) is 6.95. The average molecular weight is 387 g/mol. The van der Waals surface area contributed by atoms with Gasteiger partial charge in [-0.1, -0.05) is 42.5 Å². The monoisotopic (exact) mass is 387 g/mol. The molecule has 29 heavy (non-hydrogen) atoms. The lowest BCUT2D eigenvalue weighted by Gasteiger charge is -2.27. The number of fused-ring (bicyclic) bond motifs is 5. The van der Waals surface area contributed by atoms with E-state index in [9.17, 15) is 14.4 Å². The lowest BCUT2D eigenvalue weighted by molar-refractivity contribution is -0.147. The number of aromatic nitrogens is 1. The predicted molar refractivity (Wildman–Crippen MR) is 106 cm³/mol. The van der Waals surface area contributed by atoms with Crippen LogP contribution >= 0.6 is 0 Å². The number of carbonyl (C=O) groups is 3. The summed E-state index contributed by atoms with van der Waals surface area (Å²) in [5, 5.41) is 2.82. The quantitative estimate of drug-likeness (QED) is 0.631. The van der Waals surface area contributed by atoms with Crippen LogP contribution in [0, 0.1) is 23.7 Å². The minimum atomic E-state index is -0.886. The molecule has 2 heterocycles. The van der Waals surface area contributed by atoms with Gasteiger partial charge in [0.05, 0.1) is 23.7 Å². The van der Waals surface area contributed by atoms with E-state index in [2.05, 4.69) is 22.5 Å². The molecule has 1 aliphatic heterocycles. The topological polar surface area (TPSA) is 79.4 Å². The smallest absolute Gasteiger partial charge is 0.248 e. The highest BCUT2D eigenvalue weighted by Gasteiger charge is 2.61. The number of hydrogen-bond acceptors (Lipinski definition) is 4. The minimum absolute atomic E-state index is 0.116. The molecule has 146 valence electrons. The fourth-order valence-electron chi connectivity index (χ4n) is 5.03. The lowest BCUT2D eigenvalue weighted by atomic mass is 9.85. The molecule has 2 bridgehead atoms. The van der Waals surface area contributed by atoms with E-state index in [0.29, 0.717) is 5.69 Å². The first-order valence-electron chi connectivity index (χ1n) is 9.93. The minimum Gasteiger partial charge on any atom is -0.323 e. The van der Waals surface area contributed by atoms with Crippen molar-refractivity contribution in [3.63, 3.8) is 0 Å². The van der Waals surface area contributed by atoms with Crippen LogP contribution < -0.4 is 5.32 Å². The molecule has 1 N–H and O–H groups in total. The Kier molecular flexibility index (Phi) is 4.27. The summed E-state index contributed by atoms with van der Waals surface area (Å²) in [6.07, 6.45) is 8.43. The largest absolute Gasteiger partial charge is 0.323 e. The van der Waals surface area contributed by atoms with Crippen molar-refractivity contribution in [2.24, 2.45) is 23.7 Å². The van der Waals surface area contributed by atoms with Crippen molar-refractivity contribution in [2.45, 2.75) is 18.9 Å². The van der Waals surface area contributed by atoms with E-state index >= 15 is 0 Å². The summed E-state index contributed by atoms with van der Waals surface area (Å²) < 4.78 is 0. The second-order valence-corrected chi connectivity index (χ2v) is 7.98. The molecule has 6 heteroatoms. The summed E-state index contributed by atoms with van der Waals surface area (Å²) in [6.45, 7) is 0. The Morgan fingerprint density at radius 1 is 1.03 bits per heavy atom. The van der Waals surface area contributed by atoms with Gasteiger partial charge in [-0.05, 0) is 36.0 Å². The third-order valence-electron chi connectivity index (χ3n) is 6.32. The molecule has 0 spiro atoms. The molecule has 2 fully saturated rings. The molecule has 3 aliphatic rings. The summed E-state index contributed by atoms with van der Waals surface area (Å²) in [4.78, 5) is 45.0. The van der Waals surface area contributed by atoms with Crippen molar-refractivity contribution in [1.29, 1.82) is 0 Å². The Labute approximate surface area is 168 Å². The van der Waals surface area contributed by atoms with Crippen LogP contribution in [0.3, 0.4) is 0 Å². The van der Waals surface area contributed by atoms with Crippen LogP contribution in [-0.4, -0.2) is 33.6 Å². The molecule has 3 amide bonds. The van der Waals surface area contributed by atoms with E-state index in [1.807, 2.05) is 30.3 Å². The zero-order valence-electron chi connectivity index (χ0n) is 15.8. The van der Waals surface area contributed by atoms with Gasteiger partial charge in [0, 0.05) is 12.6 Å². The van der Waals surface area contributed by atoms with Crippen molar-refractivity contribution >= 4 is 23.4 Å². The summed E-state index contributed by atoms with van der Waals surface area (Å²) >= 11 is 0. The van der Waals surface area contributed by atoms with Crippen LogP contribution in [0.1, 0.15) is 12.0 Å². The van der Waals surface area contributed by atoms with Gasteiger partial charge in [0.2, 0.25) is 17.7 Å². The fourth-order valence-corrected chi connectivity index (χ4v) is 5.03. The van der Waals surface area contributed by atoms with Gasteiger partial charge in [0.1, 0.15) is 6.04 Å². The Morgan fingerprint density at radius 3 is 2.34 bits per heavy atom. The number of anilines is 1. The van der Waals surface area contributed by atoms with Crippen LogP contribution in [0.5, 0.6) is 0 Å². The average Bonchev–Trinajstić information content (AvgIpc) is 3.42. The summed E-state index contributed by atoms with van der Waals surface area (Å²) in [6, 6.07) is 12.0. The zero-order chi connectivity index (χ0) is 20.0. The molecule has 2 aromatic rings. The Morgan fingerprint density at radius 2 is 1.72 bits per heavy atom. The molecular weight excluding hydrogens is 366 g/mol. The molecule has 5 rings (SSSR count). The Bertz CT molecular complexity index is 959. The molecular formula is C23H21N3O3. The van der Waals surface area contributed by atoms with E-state index in [4.69, 9.17) is 0 Å². The number of amides is 3. The number of benzene rings is 1. The molecule has 0 radical (unpaired) electrons. The molecule has 1 saturated carbocycles. The molecule has 1 aromatic heterocycles. The Hall–Kier alpha value is -3.28. The van der Waals surface area contributed by atoms with Crippen molar-refractivity contribution in [1.82, 2.24) is 9.88 Å². The normalized spacial score (nSPS) is 27.9. The summed E-state index contributed by atoms with van der Waals surface area (Å²) in [5.41, 5.74) is 1.44. The number of pyridine rings is 1. The number of rotatable bonds is 5. The third kappa shape index (κ3) is 2.95. The van der Waals surface area contributed by atoms with Crippen molar-refractivity contribution in [3.8, 4) is 0 Å². The Balaban J connectivity index is 1.46. The van der Waals surface area contributed by atoms with E-state index < -0.39 is 6.04 Å². The number of carbonyl (C=O) groups excluding carboxylic acids is 3. The molecule has 6 nitrogen and oxygen atoms in total. The number of allylic oxidation sites excluding steroid dienone is 2. The van der Waals surface area contributed by atoms with Crippen LogP contribution in [-0.2, 0) is 20.8 Å². The standard InChI is InChI=1S/C23H21N3O3/c27-21(25-17-7-4-10-24-13-17)18(11-14-5-2-1-3-6-14)26-22(28)19-15-8-9-16(12-15)20(19)23(26)29/h1-10,13,15-16,18-20H,11-12H2,(H,25,27)/t15-,16-,18?,19?,20?/m0/s1. The highest BCUT2D eigenvalue weighted by atomic mass is 16.2. The molecule has 1 saturated heterocycles. The first kappa shape index (κ1) is 17.8. The van der Waals surface area contributed by atoms with Crippen molar-refractivity contribution in [3.05, 3.63) is 72.6 Å². The number of hydrogen-bond donors (Lipinski definition) is 1. The van der Waals surface area contributed by atoms with E-state index in [-0.39, 0.29) is 47.8 Å². The summed E-state index contributed by atoms with van der Waals surface area (Å²) in [7, 11) is 0. The van der Waals surface area contributed by atoms with E-state index in [0.717, 1.165) is 12.0 Å². The van der Waals surface area contributed by atoms with Crippen molar-refractivity contribution in [2.75, 3.05) is 5.32 Å². The van der Waals surface area contributed by atoms with Gasteiger partial charge in [-0.2, -0.15) is 0 Å². The van der Waals surface area contributed by atoms with Gasteiger partial charge in [0.25, 0.3) is 0 Å². The van der Waals surface area contributed by atoms with E-state index in [1.54, 1.807) is 24.5 Å². The molecule has 5 atom stereocenters. The third-order valence-corrected chi connectivity index (χ3v) is 6.32. The number of likely N-dealkylation sites (tertiary alicyclic amines) is 1. The molecule has 1 aromatic carbocycles.